The first-order chi connectivity index (χ1) is 15.7. The fraction of sp³-hybridized carbons (Fsp3) is 0.227. The molecule has 33 heavy (non-hydrogen) atoms. The van der Waals surface area contributed by atoms with Gasteiger partial charge in [-0.1, -0.05) is 30.0 Å². The number of imide groups is 1. The number of hydrogen-bond donors (Lipinski definition) is 3. The summed E-state index contributed by atoms with van der Waals surface area (Å²) in [6.07, 6.45) is 3.41. The Morgan fingerprint density at radius 1 is 1.12 bits per heavy atom. The summed E-state index contributed by atoms with van der Waals surface area (Å²) in [5.41, 5.74) is 1.00. The van der Waals surface area contributed by atoms with Crippen molar-refractivity contribution in [3.63, 3.8) is 0 Å². The number of carbonyl (C=O) groups excluding carboxylic acids is 2. The molecule has 1 fully saturated rings. The number of likely N-dealkylation sites (N-methyl/N-ethyl adjacent to an activating group) is 1. The van der Waals surface area contributed by atoms with Crippen molar-refractivity contribution >= 4 is 40.7 Å². The van der Waals surface area contributed by atoms with Gasteiger partial charge in [-0.05, 0) is 36.2 Å². The average Bonchev–Trinajstić information content (AvgIpc) is 3.11. The van der Waals surface area contributed by atoms with Crippen LogP contribution in [0.3, 0.4) is 0 Å². The zero-order chi connectivity index (χ0) is 24.2. The zero-order valence-corrected chi connectivity index (χ0v) is 18.5. The van der Waals surface area contributed by atoms with Gasteiger partial charge in [0.25, 0.3) is 5.24 Å². The highest BCUT2D eigenvalue weighted by Gasteiger charge is 2.31. The van der Waals surface area contributed by atoms with Gasteiger partial charge in [-0.2, -0.15) is 0 Å². The van der Waals surface area contributed by atoms with E-state index >= 15 is 0 Å². The molecule has 3 rings (SSSR count). The van der Waals surface area contributed by atoms with Crippen molar-refractivity contribution < 1.29 is 34.1 Å². The van der Waals surface area contributed by atoms with Crippen LogP contribution >= 0.6 is 11.8 Å². The summed E-state index contributed by atoms with van der Waals surface area (Å²) in [5.74, 6) is -1.05. The van der Waals surface area contributed by atoms with Crippen LogP contribution in [0.5, 0.6) is 5.75 Å². The van der Waals surface area contributed by atoms with Crippen LogP contribution in [-0.2, 0) is 20.8 Å². The highest BCUT2D eigenvalue weighted by atomic mass is 32.2. The second-order valence-corrected chi connectivity index (χ2v) is 7.87. The third-order valence-corrected chi connectivity index (χ3v) is 5.20. The number of benzene rings is 1. The molecular formula is C22H23N3O7S. The number of ether oxygens (including phenoxy) is 1. The topological polar surface area (TPSA) is 146 Å². The quantitative estimate of drug-likeness (QED) is 0.463. The van der Waals surface area contributed by atoms with Crippen molar-refractivity contribution in [3.05, 3.63) is 66.4 Å². The van der Waals surface area contributed by atoms with Gasteiger partial charge in [0.2, 0.25) is 5.91 Å². The van der Waals surface area contributed by atoms with E-state index in [0.29, 0.717) is 25.2 Å². The van der Waals surface area contributed by atoms with Crippen LogP contribution in [0.4, 0.5) is 10.6 Å². The number of thioether (sulfide) groups is 1. The number of anilines is 1. The van der Waals surface area contributed by atoms with E-state index in [1.165, 1.54) is 0 Å². The number of hydrogen-bond acceptors (Lipinski definition) is 8. The maximum Gasteiger partial charge on any atom is 0.328 e. The van der Waals surface area contributed by atoms with Gasteiger partial charge in [0.05, 0.1) is 11.8 Å². The van der Waals surface area contributed by atoms with Gasteiger partial charge in [-0.3, -0.25) is 14.9 Å². The third kappa shape index (κ3) is 9.44. The van der Waals surface area contributed by atoms with Crippen LogP contribution in [0.2, 0.25) is 0 Å². The van der Waals surface area contributed by atoms with E-state index in [-0.39, 0.29) is 16.4 Å². The Balaban J connectivity index is 0.000000414. The van der Waals surface area contributed by atoms with Gasteiger partial charge in [0.15, 0.2) is 0 Å². The first kappa shape index (κ1) is 25.4. The SMILES string of the molecule is CN(CCOc1ccc(C[C@H]2SC(=O)NC2=O)cc1)c1ccccn1.O=C(O)/C=C\C(=O)O. The first-order valence-electron chi connectivity index (χ1n) is 9.74. The van der Waals surface area contributed by atoms with E-state index < -0.39 is 11.9 Å². The van der Waals surface area contributed by atoms with E-state index in [0.717, 1.165) is 35.4 Å². The standard InChI is InChI=1S/C18H19N3O3S.C4H4O4/c1-21(16-4-2-3-9-19-16)10-11-24-14-7-5-13(6-8-14)12-15-17(22)20-18(23)25-15;5-3(6)1-2-4(7)8/h2-9,15H,10-12H2,1H3,(H,20,22,23);1-2H,(H,5,6)(H,7,8)/b;2-1-/t15-;/m1./s1. The van der Waals surface area contributed by atoms with E-state index in [1.807, 2.05) is 54.4 Å². The van der Waals surface area contributed by atoms with Gasteiger partial charge in [-0.15, -0.1) is 0 Å². The number of carboxylic acid groups (broad SMARTS) is 2. The van der Waals surface area contributed by atoms with Gasteiger partial charge >= 0.3 is 11.9 Å². The fourth-order valence-electron chi connectivity index (χ4n) is 2.60. The minimum atomic E-state index is -1.26. The normalized spacial score (nSPS) is 14.9. The fourth-order valence-corrected chi connectivity index (χ4v) is 3.46. The van der Waals surface area contributed by atoms with Crippen molar-refractivity contribution in [2.75, 3.05) is 25.1 Å². The molecule has 1 saturated heterocycles. The second-order valence-electron chi connectivity index (χ2n) is 6.70. The lowest BCUT2D eigenvalue weighted by atomic mass is 10.1. The number of pyridine rings is 1. The molecule has 1 aromatic carbocycles. The molecule has 1 aliphatic heterocycles. The summed E-state index contributed by atoms with van der Waals surface area (Å²) in [6, 6.07) is 13.4. The molecule has 0 bridgehead atoms. The van der Waals surface area contributed by atoms with Gasteiger partial charge in [0, 0.05) is 25.4 Å². The Morgan fingerprint density at radius 2 is 1.79 bits per heavy atom. The minimum absolute atomic E-state index is 0.215. The molecular weight excluding hydrogens is 450 g/mol. The number of nitrogens with zero attached hydrogens (tertiary/aromatic N) is 2. The molecule has 0 radical (unpaired) electrons. The highest BCUT2D eigenvalue weighted by Crippen LogP contribution is 2.23. The monoisotopic (exact) mass is 473 g/mol. The minimum Gasteiger partial charge on any atom is -0.492 e. The summed E-state index contributed by atoms with van der Waals surface area (Å²) >= 11 is 1.05. The predicted molar refractivity (Wildman–Crippen MR) is 122 cm³/mol. The van der Waals surface area contributed by atoms with Crippen LogP contribution in [0.1, 0.15) is 5.56 Å². The van der Waals surface area contributed by atoms with Crippen LogP contribution in [0, 0.1) is 0 Å². The lowest BCUT2D eigenvalue weighted by Crippen LogP contribution is -2.25. The van der Waals surface area contributed by atoms with Crippen molar-refractivity contribution in [2.24, 2.45) is 0 Å². The van der Waals surface area contributed by atoms with E-state index in [4.69, 9.17) is 14.9 Å². The smallest absolute Gasteiger partial charge is 0.328 e. The van der Waals surface area contributed by atoms with Crippen LogP contribution in [-0.4, -0.2) is 63.7 Å². The molecule has 11 heteroatoms. The van der Waals surface area contributed by atoms with E-state index in [9.17, 15) is 19.2 Å². The van der Waals surface area contributed by atoms with Crippen molar-refractivity contribution in [1.29, 1.82) is 0 Å². The van der Waals surface area contributed by atoms with Crippen molar-refractivity contribution in [2.45, 2.75) is 11.7 Å². The average molecular weight is 474 g/mol. The Kier molecular flexibility index (Phi) is 9.90. The number of aromatic nitrogens is 1. The second kappa shape index (κ2) is 12.9. The van der Waals surface area contributed by atoms with Crippen molar-refractivity contribution in [1.82, 2.24) is 10.3 Å². The molecule has 2 heterocycles. The van der Waals surface area contributed by atoms with E-state index in [1.54, 1.807) is 6.20 Å². The molecule has 2 aromatic rings. The molecule has 174 valence electrons. The highest BCUT2D eigenvalue weighted by molar-refractivity contribution is 8.15. The summed E-state index contributed by atoms with van der Waals surface area (Å²) in [4.78, 5) is 48.2. The number of nitrogens with one attached hydrogen (secondary N) is 1. The Bertz CT molecular complexity index is 981. The Labute approximate surface area is 194 Å². The maximum absolute atomic E-state index is 11.6. The molecule has 2 amide bonds. The molecule has 1 aliphatic rings. The van der Waals surface area contributed by atoms with Gasteiger partial charge in [0.1, 0.15) is 18.2 Å². The number of carbonyl (C=O) groups is 4. The summed E-state index contributed by atoms with van der Waals surface area (Å²) in [6.45, 7) is 1.27. The van der Waals surface area contributed by atoms with E-state index in [2.05, 4.69) is 10.3 Å². The number of rotatable bonds is 9. The Morgan fingerprint density at radius 3 is 2.30 bits per heavy atom. The molecule has 0 spiro atoms. The summed E-state index contributed by atoms with van der Waals surface area (Å²) in [5, 5.41) is 17.3. The molecule has 1 aromatic heterocycles. The Hall–Kier alpha value is -3.86. The predicted octanol–water partition coefficient (Wildman–Crippen LogP) is 2.20. The van der Waals surface area contributed by atoms with Crippen molar-refractivity contribution in [3.8, 4) is 5.75 Å². The summed E-state index contributed by atoms with van der Waals surface area (Å²) < 4.78 is 5.75. The van der Waals surface area contributed by atoms with Gasteiger partial charge < -0.3 is 19.8 Å². The molecule has 1 atom stereocenters. The third-order valence-electron chi connectivity index (χ3n) is 4.22. The van der Waals surface area contributed by atoms with Gasteiger partial charge in [-0.25, -0.2) is 14.6 Å². The molecule has 10 nitrogen and oxygen atoms in total. The zero-order valence-electron chi connectivity index (χ0n) is 17.7. The van der Waals surface area contributed by atoms with Crippen LogP contribution < -0.4 is 15.0 Å². The summed E-state index contributed by atoms with van der Waals surface area (Å²) in [7, 11) is 1.97. The molecule has 0 aliphatic carbocycles. The lowest BCUT2D eigenvalue weighted by molar-refractivity contribution is -0.134. The number of amides is 2. The largest absolute Gasteiger partial charge is 0.492 e. The maximum atomic E-state index is 11.6. The first-order valence-corrected chi connectivity index (χ1v) is 10.6. The lowest BCUT2D eigenvalue weighted by Gasteiger charge is -2.18. The van der Waals surface area contributed by atoms with Crippen LogP contribution in [0.25, 0.3) is 0 Å². The van der Waals surface area contributed by atoms with Crippen LogP contribution in [0.15, 0.2) is 60.8 Å². The molecule has 0 saturated carbocycles. The number of aliphatic carboxylic acids is 2. The molecule has 3 N–H and O–H groups in total. The molecule has 0 unspecified atom stereocenters. The number of carboxylic acids is 2.